The molecule has 27 heavy (non-hydrogen) atoms. The zero-order chi connectivity index (χ0) is 19.4. The molecule has 0 unspecified atom stereocenters. The summed E-state index contributed by atoms with van der Waals surface area (Å²) in [7, 11) is 1.52. The summed E-state index contributed by atoms with van der Waals surface area (Å²) in [6, 6.07) is 8.16. The molecular weight excluding hydrogens is 370 g/mol. The third kappa shape index (κ3) is 4.53. The Labute approximate surface area is 161 Å². The van der Waals surface area contributed by atoms with Gasteiger partial charge in [0, 0.05) is 58.1 Å². The Morgan fingerprint density at radius 1 is 1.26 bits per heavy atom. The Bertz CT molecular complexity index is 835. The van der Waals surface area contributed by atoms with Crippen LogP contribution in [0.15, 0.2) is 36.5 Å². The van der Waals surface area contributed by atoms with Gasteiger partial charge in [0.05, 0.1) is 26.9 Å². The minimum atomic E-state index is -0.493. The van der Waals surface area contributed by atoms with Gasteiger partial charge in [0.1, 0.15) is 0 Å². The van der Waals surface area contributed by atoms with Crippen LogP contribution in [-0.2, 0) is 6.54 Å². The number of carbonyl (C=O) groups excluding carboxylic acids is 1. The summed E-state index contributed by atoms with van der Waals surface area (Å²) in [5.74, 6) is -0.332. The molecule has 1 fully saturated rings. The van der Waals surface area contributed by atoms with Gasteiger partial charge in [-0.25, -0.2) is 0 Å². The van der Waals surface area contributed by atoms with Crippen LogP contribution in [0.25, 0.3) is 0 Å². The van der Waals surface area contributed by atoms with Gasteiger partial charge >= 0.3 is 0 Å². The van der Waals surface area contributed by atoms with Crippen LogP contribution in [0.2, 0.25) is 5.02 Å². The second kappa shape index (κ2) is 8.32. The fraction of sp³-hybridized carbons (Fsp3) is 0.333. The molecule has 0 radical (unpaired) electrons. The van der Waals surface area contributed by atoms with E-state index in [9.17, 15) is 14.9 Å². The molecule has 1 N–H and O–H groups in total. The normalized spacial score (nSPS) is 14.8. The first-order chi connectivity index (χ1) is 13.0. The molecule has 2 heterocycles. The lowest BCUT2D eigenvalue weighted by Gasteiger charge is -2.36. The number of nitrogens with zero attached hydrogens (tertiary/aromatic N) is 4. The monoisotopic (exact) mass is 389 g/mol. The predicted octanol–water partition coefficient (Wildman–Crippen LogP) is 2.33. The third-order valence-electron chi connectivity index (χ3n) is 4.55. The Hall–Kier alpha value is -2.71. The van der Waals surface area contributed by atoms with Crippen LogP contribution in [0.3, 0.4) is 0 Å². The first kappa shape index (κ1) is 19.1. The number of non-ortho nitro benzene ring substituents is 1. The van der Waals surface area contributed by atoms with Crippen molar-refractivity contribution in [3.8, 4) is 0 Å². The number of rotatable bonds is 5. The number of nitrogens with one attached hydrogen (secondary N) is 1. The lowest BCUT2D eigenvalue weighted by atomic mass is 10.1. The van der Waals surface area contributed by atoms with Crippen LogP contribution < -0.4 is 10.2 Å². The minimum absolute atomic E-state index is 0.0928. The maximum absolute atomic E-state index is 12.2. The number of hydrogen-bond acceptors (Lipinski definition) is 6. The first-order valence-electron chi connectivity index (χ1n) is 8.56. The van der Waals surface area contributed by atoms with Crippen molar-refractivity contribution in [3.63, 3.8) is 0 Å². The van der Waals surface area contributed by atoms with Crippen molar-refractivity contribution >= 4 is 28.9 Å². The van der Waals surface area contributed by atoms with Gasteiger partial charge in [-0.2, -0.15) is 0 Å². The van der Waals surface area contributed by atoms with Gasteiger partial charge in [0.2, 0.25) is 0 Å². The molecule has 1 aromatic carbocycles. The quantitative estimate of drug-likeness (QED) is 0.623. The van der Waals surface area contributed by atoms with Crippen LogP contribution >= 0.6 is 11.6 Å². The summed E-state index contributed by atoms with van der Waals surface area (Å²) in [6.45, 7) is 3.77. The van der Waals surface area contributed by atoms with Crippen LogP contribution in [0.5, 0.6) is 0 Å². The molecule has 1 amide bonds. The Kier molecular flexibility index (Phi) is 5.88. The molecule has 142 valence electrons. The zero-order valence-corrected chi connectivity index (χ0v) is 15.6. The van der Waals surface area contributed by atoms with Crippen molar-refractivity contribution in [1.29, 1.82) is 0 Å². The second-order valence-electron chi connectivity index (χ2n) is 6.27. The largest absolute Gasteiger partial charge is 0.368 e. The molecule has 2 aromatic rings. The zero-order valence-electron chi connectivity index (χ0n) is 14.9. The van der Waals surface area contributed by atoms with Gasteiger partial charge in [0.15, 0.2) is 0 Å². The van der Waals surface area contributed by atoms with Crippen LogP contribution in [0.1, 0.15) is 16.1 Å². The van der Waals surface area contributed by atoms with Crippen molar-refractivity contribution in [2.75, 3.05) is 38.1 Å². The average Bonchev–Trinajstić information content (AvgIpc) is 2.69. The van der Waals surface area contributed by atoms with Gasteiger partial charge in [0.25, 0.3) is 11.6 Å². The number of piperazine rings is 1. The van der Waals surface area contributed by atoms with E-state index in [0.29, 0.717) is 16.3 Å². The fourth-order valence-corrected chi connectivity index (χ4v) is 3.22. The maximum Gasteiger partial charge on any atom is 0.270 e. The molecule has 3 rings (SSSR count). The average molecular weight is 390 g/mol. The molecule has 0 aliphatic carbocycles. The van der Waals surface area contributed by atoms with Gasteiger partial charge in [-0.05, 0) is 18.2 Å². The van der Waals surface area contributed by atoms with E-state index in [0.717, 1.165) is 38.4 Å². The highest BCUT2D eigenvalue weighted by atomic mass is 35.5. The number of benzene rings is 1. The number of nitro groups is 1. The van der Waals surface area contributed by atoms with Gasteiger partial charge < -0.3 is 10.2 Å². The molecule has 1 aromatic heterocycles. The highest BCUT2D eigenvalue weighted by Crippen LogP contribution is 2.27. The predicted molar refractivity (Wildman–Crippen MR) is 103 cm³/mol. The topological polar surface area (TPSA) is 91.6 Å². The lowest BCUT2D eigenvalue weighted by Crippen LogP contribution is -2.46. The van der Waals surface area contributed by atoms with E-state index in [1.165, 1.54) is 19.2 Å². The summed E-state index contributed by atoms with van der Waals surface area (Å²) >= 11 is 5.87. The first-order valence-corrected chi connectivity index (χ1v) is 8.94. The number of carbonyl (C=O) groups is 1. The van der Waals surface area contributed by atoms with Crippen LogP contribution in [0.4, 0.5) is 11.4 Å². The van der Waals surface area contributed by atoms with E-state index in [-0.39, 0.29) is 11.6 Å². The molecule has 8 nitrogen and oxygen atoms in total. The number of amides is 1. The number of halogens is 1. The van der Waals surface area contributed by atoms with E-state index < -0.39 is 4.92 Å². The van der Waals surface area contributed by atoms with E-state index in [2.05, 4.69) is 20.1 Å². The SMILES string of the molecule is CNC(=O)c1cc([N+](=O)[O-])ccc1N1CCN(Cc2ccc(Cl)cn2)CC1. The third-order valence-corrected chi connectivity index (χ3v) is 4.77. The van der Waals surface area contributed by atoms with E-state index >= 15 is 0 Å². The Morgan fingerprint density at radius 3 is 2.59 bits per heavy atom. The number of pyridine rings is 1. The second-order valence-corrected chi connectivity index (χ2v) is 6.71. The smallest absolute Gasteiger partial charge is 0.270 e. The fourth-order valence-electron chi connectivity index (χ4n) is 3.11. The number of anilines is 1. The maximum atomic E-state index is 12.2. The molecule has 0 atom stereocenters. The molecule has 0 saturated carbocycles. The molecular formula is C18H20ClN5O3. The number of aromatic nitrogens is 1. The summed E-state index contributed by atoms with van der Waals surface area (Å²) in [6.07, 6.45) is 1.64. The summed E-state index contributed by atoms with van der Waals surface area (Å²) in [5, 5.41) is 14.2. The molecule has 1 aliphatic heterocycles. The van der Waals surface area contributed by atoms with Crippen LogP contribution in [0, 0.1) is 10.1 Å². The van der Waals surface area contributed by atoms with Crippen molar-refractivity contribution in [2.24, 2.45) is 0 Å². The molecule has 1 saturated heterocycles. The summed E-state index contributed by atoms with van der Waals surface area (Å²) in [5.41, 5.74) is 1.89. The highest BCUT2D eigenvalue weighted by molar-refractivity contribution is 6.30. The lowest BCUT2D eigenvalue weighted by molar-refractivity contribution is -0.384. The number of hydrogen-bond donors (Lipinski definition) is 1. The molecule has 0 spiro atoms. The summed E-state index contributed by atoms with van der Waals surface area (Å²) < 4.78 is 0. The van der Waals surface area contributed by atoms with Crippen LogP contribution in [-0.4, -0.2) is 53.9 Å². The van der Waals surface area contributed by atoms with Crippen molar-refractivity contribution < 1.29 is 9.72 Å². The minimum Gasteiger partial charge on any atom is -0.368 e. The molecule has 9 heteroatoms. The Morgan fingerprint density at radius 2 is 2.00 bits per heavy atom. The van der Waals surface area contributed by atoms with Gasteiger partial charge in [-0.3, -0.25) is 24.8 Å². The summed E-state index contributed by atoms with van der Waals surface area (Å²) in [4.78, 5) is 31.4. The molecule has 1 aliphatic rings. The van der Waals surface area contributed by atoms with Crippen molar-refractivity contribution in [3.05, 3.63) is 62.9 Å². The van der Waals surface area contributed by atoms with E-state index in [1.54, 1.807) is 12.3 Å². The van der Waals surface area contributed by atoms with Gasteiger partial charge in [-0.1, -0.05) is 11.6 Å². The molecule has 0 bridgehead atoms. The van der Waals surface area contributed by atoms with E-state index in [4.69, 9.17) is 11.6 Å². The van der Waals surface area contributed by atoms with Gasteiger partial charge in [-0.15, -0.1) is 0 Å². The number of nitro benzene ring substituents is 1. The van der Waals surface area contributed by atoms with Crippen molar-refractivity contribution in [1.82, 2.24) is 15.2 Å². The van der Waals surface area contributed by atoms with E-state index in [1.807, 2.05) is 12.1 Å². The van der Waals surface area contributed by atoms with Crippen molar-refractivity contribution in [2.45, 2.75) is 6.54 Å². The highest BCUT2D eigenvalue weighted by Gasteiger charge is 2.23. The standard InChI is InChI=1S/C18H20ClN5O3/c1-20-18(25)16-10-15(24(26)27)4-5-17(16)23-8-6-22(7-9-23)12-14-3-2-13(19)11-21-14/h2-5,10-11H,6-9,12H2,1H3,(H,20,25). The Balaban J connectivity index is 1.70.